The quantitative estimate of drug-likeness (QED) is 0.745. The molecule has 1 aliphatic carbocycles. The number of rotatable bonds is 5. The number of nitrogens with one attached hydrogen (secondary N) is 1. The molecule has 0 aromatic rings. The zero-order chi connectivity index (χ0) is 15.3. The average molecular weight is 293 g/mol. The average Bonchev–Trinajstić information content (AvgIpc) is 2.46. The molecule has 2 nitrogen and oxygen atoms in total. The highest BCUT2D eigenvalue weighted by molar-refractivity contribution is 5.92. The molecule has 1 N–H and O–H groups in total. The normalized spacial score (nSPS) is 22.6. The zero-order valence-corrected chi connectivity index (χ0v) is 14.8. The van der Waals surface area contributed by atoms with E-state index in [0.29, 0.717) is 5.41 Å². The predicted octanol–water partition coefficient (Wildman–Crippen LogP) is 3.03. The van der Waals surface area contributed by atoms with Gasteiger partial charge >= 0.3 is 0 Å². The van der Waals surface area contributed by atoms with Gasteiger partial charge < -0.3 is 4.90 Å². The molecule has 0 aromatic carbocycles. The molecule has 1 aliphatic heterocycles. The van der Waals surface area contributed by atoms with Crippen molar-refractivity contribution in [3.63, 3.8) is 0 Å². The largest absolute Gasteiger partial charge is 0.306 e. The fourth-order valence-electron chi connectivity index (χ4n) is 4.03. The molecule has 0 spiro atoms. The van der Waals surface area contributed by atoms with Crippen LogP contribution in [0.3, 0.4) is 0 Å². The first-order chi connectivity index (χ1) is 10.1. The molecule has 0 unspecified atom stereocenters. The van der Waals surface area contributed by atoms with Crippen molar-refractivity contribution in [1.29, 1.82) is 0 Å². The molecule has 2 heteroatoms. The summed E-state index contributed by atoms with van der Waals surface area (Å²) in [6.07, 6.45) is 11.9. The molecule has 0 atom stereocenters. The smallest absolute Gasteiger partial charge is 0.182 e. The standard InChI is InChI=1S/C19H35N2/c1-5-10-20(11-6-2)17-14-18(16-19(3,4)15-17)21-12-8-7-9-13-21/h14H,5-13,15-16H2,1-4H3/q+1/p+1. The molecule has 0 aromatic heterocycles. The predicted molar refractivity (Wildman–Crippen MR) is 91.2 cm³/mol. The lowest BCUT2D eigenvalue weighted by molar-refractivity contribution is -0.863. The minimum Gasteiger partial charge on any atom is -0.306 e. The number of quaternary nitrogens is 1. The van der Waals surface area contributed by atoms with Gasteiger partial charge in [0.05, 0.1) is 19.2 Å². The maximum Gasteiger partial charge on any atom is 0.182 e. The molecule has 2 rings (SSSR count). The van der Waals surface area contributed by atoms with Crippen molar-refractivity contribution in [2.45, 2.75) is 72.6 Å². The lowest BCUT2D eigenvalue weighted by atomic mass is 9.77. The van der Waals surface area contributed by atoms with E-state index in [1.54, 1.807) is 16.3 Å². The molecule has 21 heavy (non-hydrogen) atoms. The van der Waals surface area contributed by atoms with E-state index in [4.69, 9.17) is 0 Å². The first-order valence-corrected chi connectivity index (χ1v) is 9.22. The number of allylic oxidation sites excluding steroid dienone is 2. The Morgan fingerprint density at radius 2 is 1.62 bits per heavy atom. The van der Waals surface area contributed by atoms with Crippen LogP contribution in [0.25, 0.3) is 0 Å². The summed E-state index contributed by atoms with van der Waals surface area (Å²) in [6, 6.07) is 0. The Kier molecular flexibility index (Phi) is 6.04. The second-order valence-electron chi connectivity index (χ2n) is 7.83. The van der Waals surface area contributed by atoms with Gasteiger partial charge in [0.2, 0.25) is 0 Å². The van der Waals surface area contributed by atoms with Crippen LogP contribution >= 0.6 is 0 Å². The molecule has 1 fully saturated rings. The SMILES string of the molecule is CCC[NH+](CCC)C1=CC(=[N+]2CCCCC2)CC(C)(C)C1. The van der Waals surface area contributed by atoms with E-state index in [1.807, 2.05) is 0 Å². The Morgan fingerprint density at radius 1 is 1.00 bits per heavy atom. The summed E-state index contributed by atoms with van der Waals surface area (Å²) in [5, 5.41) is 0. The van der Waals surface area contributed by atoms with Gasteiger partial charge in [-0.15, -0.1) is 0 Å². The number of nitrogens with zero attached hydrogens (tertiary/aromatic N) is 1. The summed E-state index contributed by atoms with van der Waals surface area (Å²) in [5.74, 6) is 0. The Balaban J connectivity index is 2.27. The Morgan fingerprint density at radius 3 is 2.19 bits per heavy atom. The van der Waals surface area contributed by atoms with Crippen molar-refractivity contribution < 1.29 is 9.48 Å². The van der Waals surface area contributed by atoms with Crippen molar-refractivity contribution in [1.82, 2.24) is 0 Å². The van der Waals surface area contributed by atoms with Crippen LogP contribution in [0.4, 0.5) is 0 Å². The second-order valence-corrected chi connectivity index (χ2v) is 7.83. The van der Waals surface area contributed by atoms with Crippen LogP contribution in [0, 0.1) is 5.41 Å². The lowest BCUT2D eigenvalue weighted by Crippen LogP contribution is -3.10. The highest BCUT2D eigenvalue weighted by atomic mass is 15.1. The maximum atomic E-state index is 2.68. The highest BCUT2D eigenvalue weighted by Crippen LogP contribution is 2.32. The molecular weight excluding hydrogens is 256 g/mol. The zero-order valence-electron chi connectivity index (χ0n) is 14.8. The van der Waals surface area contributed by atoms with E-state index in [0.717, 1.165) is 0 Å². The monoisotopic (exact) mass is 292 g/mol. The van der Waals surface area contributed by atoms with Gasteiger partial charge in [-0.05, 0) is 24.7 Å². The molecule has 1 heterocycles. The number of hydrogen-bond acceptors (Lipinski definition) is 0. The van der Waals surface area contributed by atoms with Gasteiger partial charge in [0.15, 0.2) is 5.71 Å². The number of hydrogen-bond donors (Lipinski definition) is 1. The molecular formula is C19H36N2+2. The fraction of sp³-hybridized carbons (Fsp3) is 0.842. The second kappa shape index (κ2) is 7.58. The molecule has 0 radical (unpaired) electrons. The molecule has 0 bridgehead atoms. The van der Waals surface area contributed by atoms with Crippen LogP contribution < -0.4 is 4.90 Å². The van der Waals surface area contributed by atoms with Gasteiger partial charge in [0.1, 0.15) is 18.8 Å². The van der Waals surface area contributed by atoms with Crippen molar-refractivity contribution >= 4 is 5.71 Å². The first-order valence-electron chi connectivity index (χ1n) is 9.22. The van der Waals surface area contributed by atoms with E-state index < -0.39 is 0 Å². The summed E-state index contributed by atoms with van der Waals surface area (Å²) >= 11 is 0. The van der Waals surface area contributed by atoms with Crippen molar-refractivity contribution in [2.75, 3.05) is 26.2 Å². The third kappa shape index (κ3) is 4.67. The topological polar surface area (TPSA) is 7.45 Å². The summed E-state index contributed by atoms with van der Waals surface area (Å²) in [6.45, 7) is 14.7. The van der Waals surface area contributed by atoms with Gasteiger partial charge in [0, 0.05) is 25.7 Å². The molecule has 120 valence electrons. The van der Waals surface area contributed by atoms with Crippen LogP contribution in [-0.2, 0) is 0 Å². The number of piperidine rings is 1. The van der Waals surface area contributed by atoms with Gasteiger partial charge in [-0.25, -0.2) is 4.58 Å². The van der Waals surface area contributed by atoms with E-state index in [9.17, 15) is 0 Å². The van der Waals surface area contributed by atoms with E-state index >= 15 is 0 Å². The third-order valence-corrected chi connectivity index (χ3v) is 4.99. The molecule has 2 aliphatic rings. The highest BCUT2D eigenvalue weighted by Gasteiger charge is 2.35. The van der Waals surface area contributed by atoms with Crippen LogP contribution in [0.1, 0.15) is 72.6 Å². The Labute approximate surface area is 131 Å². The van der Waals surface area contributed by atoms with E-state index in [1.165, 1.54) is 71.1 Å². The molecule has 0 saturated carbocycles. The maximum absolute atomic E-state index is 2.68. The van der Waals surface area contributed by atoms with Gasteiger partial charge in [-0.2, -0.15) is 0 Å². The van der Waals surface area contributed by atoms with Crippen molar-refractivity contribution in [3.8, 4) is 0 Å². The lowest BCUT2D eigenvalue weighted by Gasteiger charge is -2.32. The third-order valence-electron chi connectivity index (χ3n) is 4.99. The van der Waals surface area contributed by atoms with Crippen LogP contribution in [0.15, 0.2) is 11.8 Å². The summed E-state index contributed by atoms with van der Waals surface area (Å²) in [7, 11) is 0. The minimum atomic E-state index is 0.434. The fourth-order valence-corrected chi connectivity index (χ4v) is 4.03. The van der Waals surface area contributed by atoms with Crippen molar-refractivity contribution in [2.24, 2.45) is 5.41 Å². The minimum absolute atomic E-state index is 0.434. The molecule has 0 amide bonds. The Bertz CT molecular complexity index is 390. The summed E-state index contributed by atoms with van der Waals surface area (Å²) < 4.78 is 2.68. The van der Waals surface area contributed by atoms with Crippen molar-refractivity contribution in [3.05, 3.63) is 11.8 Å². The first kappa shape index (κ1) is 16.7. The van der Waals surface area contributed by atoms with Crippen LogP contribution in [-0.4, -0.2) is 36.5 Å². The molecule has 1 saturated heterocycles. The van der Waals surface area contributed by atoms with Crippen LogP contribution in [0.5, 0.6) is 0 Å². The van der Waals surface area contributed by atoms with Gasteiger partial charge in [-0.3, -0.25) is 0 Å². The Hall–Kier alpha value is -0.630. The van der Waals surface area contributed by atoms with Gasteiger partial charge in [0.25, 0.3) is 0 Å². The van der Waals surface area contributed by atoms with Gasteiger partial charge in [-0.1, -0.05) is 27.7 Å². The van der Waals surface area contributed by atoms with Crippen LogP contribution in [0.2, 0.25) is 0 Å². The summed E-state index contributed by atoms with van der Waals surface area (Å²) in [5.41, 5.74) is 3.74. The summed E-state index contributed by atoms with van der Waals surface area (Å²) in [4.78, 5) is 1.74. The van der Waals surface area contributed by atoms with E-state index in [2.05, 4.69) is 38.3 Å². The van der Waals surface area contributed by atoms with E-state index in [-0.39, 0.29) is 0 Å².